The Hall–Kier alpha value is -2.14. The highest BCUT2D eigenvalue weighted by Crippen LogP contribution is 2.13. The van der Waals surface area contributed by atoms with Crippen LogP contribution in [0.4, 0.5) is 0 Å². The van der Waals surface area contributed by atoms with Crippen LogP contribution in [0.15, 0.2) is 47.8 Å². The standard InChI is InChI=1S/C18H22N2O2S/c1-14(15-7-3-2-4-8-15)13-20-17(21)10-5-11-19-18(22)16-9-6-12-23-16/h2-4,6-9,12,14H,5,10-11,13H2,1H3,(H,19,22)(H,20,21). The van der Waals surface area contributed by atoms with Crippen LogP contribution >= 0.6 is 11.3 Å². The first-order valence-corrected chi connectivity index (χ1v) is 8.68. The summed E-state index contributed by atoms with van der Waals surface area (Å²) < 4.78 is 0. The lowest BCUT2D eigenvalue weighted by Crippen LogP contribution is -2.29. The number of carbonyl (C=O) groups excluding carboxylic acids is 2. The largest absolute Gasteiger partial charge is 0.356 e. The fraction of sp³-hybridized carbons (Fsp3) is 0.333. The average molecular weight is 330 g/mol. The molecule has 5 heteroatoms. The number of carbonyl (C=O) groups is 2. The molecule has 122 valence electrons. The van der Waals surface area contributed by atoms with E-state index in [4.69, 9.17) is 0 Å². The number of rotatable bonds is 8. The summed E-state index contributed by atoms with van der Waals surface area (Å²) in [7, 11) is 0. The van der Waals surface area contributed by atoms with Gasteiger partial charge < -0.3 is 10.6 Å². The maximum atomic E-state index is 11.8. The van der Waals surface area contributed by atoms with Crippen LogP contribution in [0.25, 0.3) is 0 Å². The van der Waals surface area contributed by atoms with Gasteiger partial charge in [-0.3, -0.25) is 9.59 Å². The van der Waals surface area contributed by atoms with Crippen LogP contribution in [0, 0.1) is 0 Å². The van der Waals surface area contributed by atoms with Crippen molar-refractivity contribution in [2.45, 2.75) is 25.7 Å². The van der Waals surface area contributed by atoms with E-state index in [2.05, 4.69) is 29.7 Å². The van der Waals surface area contributed by atoms with Gasteiger partial charge in [-0.05, 0) is 29.3 Å². The molecule has 1 aromatic carbocycles. The number of amides is 2. The Bertz CT molecular complexity index is 611. The lowest BCUT2D eigenvalue weighted by atomic mass is 10.0. The smallest absolute Gasteiger partial charge is 0.261 e. The third-order valence-corrected chi connectivity index (χ3v) is 4.45. The molecule has 2 aromatic rings. The summed E-state index contributed by atoms with van der Waals surface area (Å²) in [6, 6.07) is 13.8. The molecule has 0 saturated heterocycles. The molecule has 2 N–H and O–H groups in total. The Morgan fingerprint density at radius 2 is 1.87 bits per heavy atom. The van der Waals surface area contributed by atoms with Gasteiger partial charge in [-0.2, -0.15) is 0 Å². The summed E-state index contributed by atoms with van der Waals surface area (Å²) in [5.74, 6) is 0.245. The summed E-state index contributed by atoms with van der Waals surface area (Å²) in [4.78, 5) is 24.3. The highest BCUT2D eigenvalue weighted by Gasteiger charge is 2.08. The number of hydrogen-bond acceptors (Lipinski definition) is 3. The molecule has 1 unspecified atom stereocenters. The van der Waals surface area contributed by atoms with E-state index >= 15 is 0 Å². The molecular formula is C18H22N2O2S. The lowest BCUT2D eigenvalue weighted by Gasteiger charge is -2.13. The van der Waals surface area contributed by atoms with E-state index in [1.807, 2.05) is 29.6 Å². The first-order valence-electron chi connectivity index (χ1n) is 7.80. The van der Waals surface area contributed by atoms with Crippen molar-refractivity contribution in [3.63, 3.8) is 0 Å². The molecule has 0 aliphatic carbocycles. The van der Waals surface area contributed by atoms with Crippen molar-refractivity contribution in [1.29, 1.82) is 0 Å². The first-order chi connectivity index (χ1) is 11.2. The zero-order valence-electron chi connectivity index (χ0n) is 13.2. The topological polar surface area (TPSA) is 58.2 Å². The fourth-order valence-corrected chi connectivity index (χ4v) is 2.84. The first kappa shape index (κ1) is 17.2. The van der Waals surface area contributed by atoms with Gasteiger partial charge in [-0.25, -0.2) is 0 Å². The van der Waals surface area contributed by atoms with Gasteiger partial charge in [0.15, 0.2) is 0 Å². The predicted octanol–water partition coefficient (Wildman–Crippen LogP) is 3.18. The molecular weight excluding hydrogens is 308 g/mol. The summed E-state index contributed by atoms with van der Waals surface area (Å²) in [5.41, 5.74) is 1.22. The molecule has 0 saturated carbocycles. The second-order valence-corrected chi connectivity index (χ2v) is 6.40. The van der Waals surface area contributed by atoms with Crippen molar-refractivity contribution >= 4 is 23.2 Å². The van der Waals surface area contributed by atoms with Gasteiger partial charge in [0.1, 0.15) is 0 Å². The summed E-state index contributed by atoms with van der Waals surface area (Å²) in [5, 5.41) is 7.64. The van der Waals surface area contributed by atoms with E-state index in [-0.39, 0.29) is 11.8 Å². The second kappa shape index (κ2) is 9.10. The zero-order valence-corrected chi connectivity index (χ0v) is 14.1. The van der Waals surface area contributed by atoms with Crippen molar-refractivity contribution in [3.05, 3.63) is 58.3 Å². The highest BCUT2D eigenvalue weighted by molar-refractivity contribution is 7.12. The molecule has 2 rings (SSSR count). The molecule has 2 amide bonds. The quantitative estimate of drug-likeness (QED) is 0.730. The Morgan fingerprint density at radius 3 is 2.57 bits per heavy atom. The van der Waals surface area contributed by atoms with Crippen molar-refractivity contribution in [2.75, 3.05) is 13.1 Å². The van der Waals surface area contributed by atoms with Crippen LogP contribution in [0.2, 0.25) is 0 Å². The molecule has 0 spiro atoms. The normalized spacial score (nSPS) is 11.7. The number of benzene rings is 1. The van der Waals surface area contributed by atoms with E-state index in [1.165, 1.54) is 16.9 Å². The summed E-state index contributed by atoms with van der Waals surface area (Å²) >= 11 is 1.41. The van der Waals surface area contributed by atoms with Crippen LogP contribution in [0.5, 0.6) is 0 Å². The van der Waals surface area contributed by atoms with Gasteiger partial charge in [0.2, 0.25) is 5.91 Å². The average Bonchev–Trinajstić information content (AvgIpc) is 3.12. The van der Waals surface area contributed by atoms with Crippen molar-refractivity contribution in [3.8, 4) is 0 Å². The fourth-order valence-electron chi connectivity index (χ4n) is 2.20. The highest BCUT2D eigenvalue weighted by atomic mass is 32.1. The monoisotopic (exact) mass is 330 g/mol. The summed E-state index contributed by atoms with van der Waals surface area (Å²) in [6.07, 6.45) is 1.06. The van der Waals surface area contributed by atoms with Crippen LogP contribution in [-0.2, 0) is 4.79 Å². The van der Waals surface area contributed by atoms with Crippen LogP contribution < -0.4 is 10.6 Å². The van der Waals surface area contributed by atoms with Gasteiger partial charge in [0.25, 0.3) is 5.91 Å². The number of nitrogens with one attached hydrogen (secondary N) is 2. The van der Waals surface area contributed by atoms with Crippen LogP contribution in [0.1, 0.15) is 40.9 Å². The van der Waals surface area contributed by atoms with Crippen LogP contribution in [0.3, 0.4) is 0 Å². The molecule has 1 aromatic heterocycles. The zero-order chi connectivity index (χ0) is 16.5. The molecule has 0 aliphatic heterocycles. The van der Waals surface area contributed by atoms with E-state index in [1.54, 1.807) is 6.07 Å². The molecule has 0 bridgehead atoms. The van der Waals surface area contributed by atoms with E-state index < -0.39 is 0 Å². The van der Waals surface area contributed by atoms with Crippen molar-refractivity contribution in [1.82, 2.24) is 10.6 Å². The van der Waals surface area contributed by atoms with Crippen LogP contribution in [-0.4, -0.2) is 24.9 Å². The SMILES string of the molecule is CC(CNC(=O)CCCNC(=O)c1cccs1)c1ccccc1. The van der Waals surface area contributed by atoms with Gasteiger partial charge in [-0.15, -0.1) is 11.3 Å². The van der Waals surface area contributed by atoms with Gasteiger partial charge >= 0.3 is 0 Å². The molecule has 0 radical (unpaired) electrons. The second-order valence-electron chi connectivity index (χ2n) is 5.45. The molecule has 1 heterocycles. The molecule has 0 fully saturated rings. The maximum Gasteiger partial charge on any atom is 0.261 e. The molecule has 1 atom stereocenters. The maximum absolute atomic E-state index is 11.8. The van der Waals surface area contributed by atoms with E-state index in [0.29, 0.717) is 36.7 Å². The van der Waals surface area contributed by atoms with E-state index in [9.17, 15) is 9.59 Å². The van der Waals surface area contributed by atoms with E-state index in [0.717, 1.165) is 0 Å². The molecule has 0 aliphatic rings. The Morgan fingerprint density at radius 1 is 1.09 bits per heavy atom. The molecule has 23 heavy (non-hydrogen) atoms. The van der Waals surface area contributed by atoms with Crippen molar-refractivity contribution < 1.29 is 9.59 Å². The number of thiophene rings is 1. The minimum Gasteiger partial charge on any atom is -0.356 e. The van der Waals surface area contributed by atoms with Gasteiger partial charge in [0.05, 0.1) is 4.88 Å². The Balaban J connectivity index is 1.59. The summed E-state index contributed by atoms with van der Waals surface area (Å²) in [6.45, 7) is 3.24. The van der Waals surface area contributed by atoms with Crippen molar-refractivity contribution in [2.24, 2.45) is 0 Å². The Labute approximate surface area is 140 Å². The van der Waals surface area contributed by atoms with Gasteiger partial charge in [-0.1, -0.05) is 43.3 Å². The lowest BCUT2D eigenvalue weighted by molar-refractivity contribution is -0.121. The number of hydrogen-bond donors (Lipinski definition) is 2. The third kappa shape index (κ3) is 5.87. The minimum absolute atomic E-state index is 0.0261. The minimum atomic E-state index is -0.0712. The Kier molecular flexibility index (Phi) is 6.81. The van der Waals surface area contributed by atoms with Gasteiger partial charge in [0, 0.05) is 19.5 Å². The third-order valence-electron chi connectivity index (χ3n) is 3.59. The molecule has 4 nitrogen and oxygen atoms in total. The predicted molar refractivity (Wildman–Crippen MR) is 93.8 cm³/mol.